The number of carbonyl (C=O) groups excluding carboxylic acids is 3. The minimum atomic E-state index is -2.33. The van der Waals surface area contributed by atoms with E-state index in [0.29, 0.717) is 0 Å². The van der Waals surface area contributed by atoms with Gasteiger partial charge < -0.3 is 50.7 Å². The summed E-state index contributed by atoms with van der Waals surface area (Å²) in [5.74, 6) is 0. The first-order chi connectivity index (χ1) is 5.20. The van der Waals surface area contributed by atoms with Gasteiger partial charge in [0, 0.05) is 0 Å². The SMILES string of the molecule is O=C([O-])[O-].O=C([O-])[O-].O=C([O-])[O-].[Al+3].[Al+3].[Ca+2].[Ca+2].[H-].[H-].[H-].[H-]. The predicted molar refractivity (Wildman–Crippen MR) is 43.7 cm³/mol. The molecule has 0 saturated carbocycles. The van der Waals surface area contributed by atoms with Gasteiger partial charge in [0.1, 0.15) is 0 Å². The third kappa shape index (κ3) is 1640. The molecule has 0 N–H and O–H groups in total. The van der Waals surface area contributed by atoms with Gasteiger partial charge in [-0.25, -0.2) is 0 Å². The molecule has 0 bridgehead atoms. The number of hydrogen-bond acceptors (Lipinski definition) is 9. The van der Waals surface area contributed by atoms with E-state index in [2.05, 4.69) is 0 Å². The standard InChI is InChI=1S/3CH2O3.2Al.2Ca.4H/c3*2-1(3)4;;;;;;;;/h3*(H2,2,3,4);;;;;;;;/q;;;2*+3;2*+2;4*-1/p-6. The van der Waals surface area contributed by atoms with Crippen molar-refractivity contribution in [3.63, 3.8) is 0 Å². The molecule has 0 fully saturated rings. The van der Waals surface area contributed by atoms with Crippen LogP contribution in [0.1, 0.15) is 5.71 Å². The average Bonchev–Trinajstić information content (AvgIpc) is 1.54. The summed E-state index contributed by atoms with van der Waals surface area (Å²) >= 11 is 0. The summed E-state index contributed by atoms with van der Waals surface area (Å²) in [5, 5.41) is 50.0. The van der Waals surface area contributed by atoms with E-state index < -0.39 is 18.5 Å². The topological polar surface area (TPSA) is 190 Å². The molecular formula is C3H4Al2Ca2O9. The van der Waals surface area contributed by atoms with Crippen molar-refractivity contribution < 1.29 is 50.7 Å². The Labute approximate surface area is 177 Å². The minimum absolute atomic E-state index is 0. The second-order valence-electron chi connectivity index (χ2n) is 0.750. The Hall–Kier alpha value is 1.39. The van der Waals surface area contributed by atoms with E-state index in [1.54, 1.807) is 0 Å². The van der Waals surface area contributed by atoms with Crippen molar-refractivity contribution in [2.24, 2.45) is 0 Å². The Morgan fingerprint density at radius 2 is 0.562 bits per heavy atom. The molecule has 0 atom stereocenters. The van der Waals surface area contributed by atoms with Crippen molar-refractivity contribution in [3.8, 4) is 0 Å². The van der Waals surface area contributed by atoms with Crippen molar-refractivity contribution in [3.05, 3.63) is 0 Å². The molecular weight excluding hydrogens is 314 g/mol. The maximum absolute atomic E-state index is 8.33. The van der Waals surface area contributed by atoms with Crippen LogP contribution in [0.25, 0.3) is 0 Å². The normalized spacial score (nSPS) is 4.50. The summed E-state index contributed by atoms with van der Waals surface area (Å²) in [5.41, 5.74) is 0. The third-order valence-corrected chi connectivity index (χ3v) is 0. The van der Waals surface area contributed by atoms with Gasteiger partial charge in [0.05, 0.1) is 0 Å². The van der Waals surface area contributed by atoms with Gasteiger partial charge in [-0.15, -0.1) is 0 Å². The van der Waals surface area contributed by atoms with Gasteiger partial charge >= 0.3 is 110 Å². The Morgan fingerprint density at radius 3 is 0.562 bits per heavy atom. The zero-order valence-electron chi connectivity index (χ0n) is 11.7. The molecule has 0 amide bonds. The van der Waals surface area contributed by atoms with E-state index in [-0.39, 0.29) is 116 Å². The fourth-order valence-corrected chi connectivity index (χ4v) is 0. The maximum Gasteiger partial charge on any atom is 3.00 e. The molecule has 13 heteroatoms. The van der Waals surface area contributed by atoms with Gasteiger partial charge in [-0.3, -0.25) is 0 Å². The van der Waals surface area contributed by atoms with Crippen LogP contribution in [-0.4, -0.2) is 129 Å². The Kier molecular flexibility index (Phi) is 97.3. The van der Waals surface area contributed by atoms with E-state index >= 15 is 0 Å². The summed E-state index contributed by atoms with van der Waals surface area (Å²) < 4.78 is 0. The van der Waals surface area contributed by atoms with E-state index in [4.69, 9.17) is 45.0 Å². The van der Waals surface area contributed by atoms with Crippen LogP contribution in [0.4, 0.5) is 14.4 Å². The largest absolute Gasteiger partial charge is 3.00 e. The number of rotatable bonds is 0. The summed E-state index contributed by atoms with van der Waals surface area (Å²) in [6.07, 6.45) is -7.00. The molecule has 0 unspecified atom stereocenters. The van der Waals surface area contributed by atoms with Crippen LogP contribution in [0.15, 0.2) is 0 Å². The molecule has 0 radical (unpaired) electrons. The summed E-state index contributed by atoms with van der Waals surface area (Å²) in [4.78, 5) is 25.0. The molecule has 9 nitrogen and oxygen atoms in total. The zero-order chi connectivity index (χ0) is 10.7. The Balaban J connectivity index is -0.00000000562. The van der Waals surface area contributed by atoms with Gasteiger partial charge in [0.25, 0.3) is 0 Å². The number of hydrogen-bond donors (Lipinski definition) is 0. The van der Waals surface area contributed by atoms with E-state index in [1.165, 1.54) is 0 Å². The van der Waals surface area contributed by atoms with Crippen LogP contribution in [0.3, 0.4) is 0 Å². The molecule has 0 aliphatic carbocycles. The molecule has 0 aliphatic rings. The van der Waals surface area contributed by atoms with Crippen LogP contribution in [0.5, 0.6) is 0 Å². The molecule has 80 valence electrons. The fraction of sp³-hybridized carbons (Fsp3) is 0. The van der Waals surface area contributed by atoms with Crippen LogP contribution in [0, 0.1) is 0 Å². The quantitative estimate of drug-likeness (QED) is 0.390. The van der Waals surface area contributed by atoms with Crippen molar-refractivity contribution in [1.29, 1.82) is 0 Å². The number of carboxylic acid groups (broad SMARTS) is 6. The van der Waals surface area contributed by atoms with Crippen molar-refractivity contribution >= 4 is 129 Å². The Bertz CT molecular complexity index is 139. The summed E-state index contributed by atoms with van der Waals surface area (Å²) in [6.45, 7) is 0. The molecule has 0 aromatic carbocycles. The summed E-state index contributed by atoms with van der Waals surface area (Å²) in [7, 11) is 0. The van der Waals surface area contributed by atoms with Crippen molar-refractivity contribution in [1.82, 2.24) is 0 Å². The van der Waals surface area contributed by atoms with Crippen LogP contribution < -0.4 is 30.6 Å². The van der Waals surface area contributed by atoms with Crippen molar-refractivity contribution in [2.45, 2.75) is 0 Å². The van der Waals surface area contributed by atoms with E-state index in [1.807, 2.05) is 0 Å². The summed E-state index contributed by atoms with van der Waals surface area (Å²) in [6, 6.07) is 0. The fourth-order valence-electron chi connectivity index (χ4n) is 0. The van der Waals surface area contributed by atoms with Crippen molar-refractivity contribution in [2.75, 3.05) is 0 Å². The maximum atomic E-state index is 8.33. The monoisotopic (exact) mass is 318 g/mol. The first kappa shape index (κ1) is 43.3. The second kappa shape index (κ2) is 36.0. The van der Waals surface area contributed by atoms with Gasteiger partial charge in [0.2, 0.25) is 0 Å². The molecule has 0 rings (SSSR count). The average molecular weight is 318 g/mol. The molecule has 0 saturated heterocycles. The van der Waals surface area contributed by atoms with Gasteiger partial charge in [-0.05, 0) is 18.5 Å². The Morgan fingerprint density at radius 1 is 0.562 bits per heavy atom. The van der Waals surface area contributed by atoms with Crippen LogP contribution in [0.2, 0.25) is 0 Å². The predicted octanol–water partition coefficient (Wildman–Crippen LogP) is -8.41. The van der Waals surface area contributed by atoms with E-state index in [9.17, 15) is 0 Å². The molecule has 0 heterocycles. The number of carbonyl (C=O) groups is 3. The smallest absolute Gasteiger partial charge is 1.00 e. The zero-order valence-corrected chi connectivity index (χ0v) is 14.5. The van der Waals surface area contributed by atoms with Gasteiger partial charge in [-0.2, -0.15) is 0 Å². The molecule has 0 aromatic heterocycles. The van der Waals surface area contributed by atoms with Crippen LogP contribution >= 0.6 is 0 Å². The third-order valence-electron chi connectivity index (χ3n) is 0. The van der Waals surface area contributed by atoms with Gasteiger partial charge in [0.15, 0.2) is 0 Å². The minimum Gasteiger partial charge on any atom is -1.00 e. The van der Waals surface area contributed by atoms with Gasteiger partial charge in [-0.1, -0.05) is 0 Å². The molecule has 0 aliphatic heterocycles. The van der Waals surface area contributed by atoms with Crippen LogP contribution in [-0.2, 0) is 0 Å². The first-order valence-corrected chi connectivity index (χ1v) is 1.84. The second-order valence-corrected chi connectivity index (χ2v) is 0.750. The van der Waals surface area contributed by atoms with E-state index in [0.717, 1.165) is 0 Å². The first-order valence-electron chi connectivity index (χ1n) is 1.84. The molecule has 16 heavy (non-hydrogen) atoms. The molecule has 0 aromatic rings. The molecule has 0 spiro atoms.